The number of hydrogen-bond acceptors (Lipinski definition) is 7. The van der Waals surface area contributed by atoms with E-state index in [2.05, 4.69) is 25.7 Å². The molecular weight excluding hydrogens is 391 g/mol. The van der Waals surface area contributed by atoms with Crippen molar-refractivity contribution in [3.63, 3.8) is 0 Å². The van der Waals surface area contributed by atoms with Gasteiger partial charge in [-0.05, 0) is 36.8 Å². The SMILES string of the molecule is CCCc1noc(-c2ccn3c(CNC(=O)c4ccc(OC)c(F)c4)nnc3c2)n1. The van der Waals surface area contributed by atoms with E-state index < -0.39 is 11.7 Å². The summed E-state index contributed by atoms with van der Waals surface area (Å²) in [5.41, 5.74) is 1.49. The Morgan fingerprint density at radius 3 is 2.90 bits per heavy atom. The molecule has 1 N–H and O–H groups in total. The van der Waals surface area contributed by atoms with E-state index in [9.17, 15) is 9.18 Å². The number of fused-ring (bicyclic) bond motifs is 1. The van der Waals surface area contributed by atoms with Crippen LogP contribution in [0.2, 0.25) is 0 Å². The average molecular weight is 410 g/mol. The Morgan fingerprint density at radius 1 is 1.27 bits per heavy atom. The van der Waals surface area contributed by atoms with E-state index in [1.165, 1.54) is 19.2 Å². The number of nitrogens with zero attached hydrogens (tertiary/aromatic N) is 5. The lowest BCUT2D eigenvalue weighted by Gasteiger charge is -2.06. The van der Waals surface area contributed by atoms with Crippen molar-refractivity contribution in [1.82, 2.24) is 30.1 Å². The Balaban J connectivity index is 1.48. The van der Waals surface area contributed by atoms with Gasteiger partial charge in [-0.15, -0.1) is 10.2 Å². The molecule has 0 aliphatic carbocycles. The highest BCUT2D eigenvalue weighted by molar-refractivity contribution is 5.94. The van der Waals surface area contributed by atoms with Crippen molar-refractivity contribution in [2.24, 2.45) is 0 Å². The molecule has 0 atom stereocenters. The van der Waals surface area contributed by atoms with Gasteiger partial charge in [0.15, 0.2) is 28.9 Å². The number of nitrogens with one attached hydrogen (secondary N) is 1. The number of rotatable bonds is 7. The Labute approximate surface area is 170 Å². The molecule has 30 heavy (non-hydrogen) atoms. The van der Waals surface area contributed by atoms with Crippen molar-refractivity contribution in [3.8, 4) is 17.2 Å². The highest BCUT2D eigenvalue weighted by Gasteiger charge is 2.14. The lowest BCUT2D eigenvalue weighted by molar-refractivity contribution is 0.0949. The number of aromatic nitrogens is 5. The Hall–Kier alpha value is -3.82. The minimum atomic E-state index is -0.603. The van der Waals surface area contributed by atoms with Gasteiger partial charge < -0.3 is 14.6 Å². The van der Waals surface area contributed by atoms with E-state index in [1.54, 1.807) is 16.7 Å². The number of benzene rings is 1. The van der Waals surface area contributed by atoms with E-state index in [0.29, 0.717) is 23.2 Å². The van der Waals surface area contributed by atoms with Crippen molar-refractivity contribution in [3.05, 3.63) is 59.6 Å². The number of methoxy groups -OCH3 is 1. The van der Waals surface area contributed by atoms with Crippen LogP contribution in [0.3, 0.4) is 0 Å². The Morgan fingerprint density at radius 2 is 2.13 bits per heavy atom. The van der Waals surface area contributed by atoms with Gasteiger partial charge in [-0.2, -0.15) is 4.98 Å². The lowest BCUT2D eigenvalue weighted by Crippen LogP contribution is -2.24. The van der Waals surface area contributed by atoms with Crippen LogP contribution in [0.15, 0.2) is 41.1 Å². The molecule has 0 radical (unpaired) electrons. The predicted octanol–water partition coefficient (Wildman–Crippen LogP) is 2.81. The van der Waals surface area contributed by atoms with Crippen LogP contribution in [0.1, 0.15) is 35.4 Å². The van der Waals surface area contributed by atoms with Crippen LogP contribution in [0, 0.1) is 5.82 Å². The number of amides is 1. The van der Waals surface area contributed by atoms with Gasteiger partial charge in [-0.3, -0.25) is 9.20 Å². The topological polar surface area (TPSA) is 107 Å². The molecule has 4 rings (SSSR count). The highest BCUT2D eigenvalue weighted by atomic mass is 19.1. The summed E-state index contributed by atoms with van der Waals surface area (Å²) in [6, 6.07) is 7.61. The quantitative estimate of drug-likeness (QED) is 0.499. The van der Waals surface area contributed by atoms with Gasteiger partial charge in [0.1, 0.15) is 0 Å². The minimum Gasteiger partial charge on any atom is -0.494 e. The number of carbonyl (C=O) groups is 1. The van der Waals surface area contributed by atoms with Gasteiger partial charge in [0.05, 0.1) is 13.7 Å². The van der Waals surface area contributed by atoms with E-state index in [1.807, 2.05) is 13.0 Å². The summed E-state index contributed by atoms with van der Waals surface area (Å²) in [6.45, 7) is 2.16. The third-order valence-electron chi connectivity index (χ3n) is 4.49. The van der Waals surface area contributed by atoms with E-state index in [0.717, 1.165) is 24.5 Å². The largest absolute Gasteiger partial charge is 0.494 e. The van der Waals surface area contributed by atoms with Gasteiger partial charge in [-0.25, -0.2) is 4.39 Å². The van der Waals surface area contributed by atoms with Crippen molar-refractivity contribution in [2.45, 2.75) is 26.3 Å². The molecule has 0 unspecified atom stereocenters. The molecule has 0 spiro atoms. The van der Waals surface area contributed by atoms with Crippen molar-refractivity contribution in [2.75, 3.05) is 7.11 Å². The summed E-state index contributed by atoms with van der Waals surface area (Å²) in [7, 11) is 1.36. The number of pyridine rings is 1. The first kappa shape index (κ1) is 19.5. The van der Waals surface area contributed by atoms with Crippen LogP contribution in [0.5, 0.6) is 5.75 Å². The standard InChI is InChI=1S/C20H19FN6O3/c1-3-4-16-23-20(30-26-16)13-7-8-27-17(10-13)24-25-18(27)11-22-19(28)12-5-6-15(29-2)14(21)9-12/h5-10H,3-4,11H2,1-2H3,(H,22,28). The molecule has 154 valence electrons. The maximum atomic E-state index is 13.8. The van der Waals surface area contributed by atoms with Gasteiger partial charge in [-0.1, -0.05) is 12.1 Å². The number of hydrogen-bond donors (Lipinski definition) is 1. The molecule has 9 nitrogen and oxygen atoms in total. The van der Waals surface area contributed by atoms with Crippen LogP contribution in [-0.4, -0.2) is 37.8 Å². The van der Waals surface area contributed by atoms with Crippen molar-refractivity contribution < 1.29 is 18.4 Å². The molecule has 3 heterocycles. The smallest absolute Gasteiger partial charge is 0.258 e. The average Bonchev–Trinajstić information content (AvgIpc) is 3.38. The van der Waals surface area contributed by atoms with Crippen molar-refractivity contribution in [1.29, 1.82) is 0 Å². The Kier molecular flexibility index (Phi) is 5.38. The lowest BCUT2D eigenvalue weighted by atomic mass is 10.2. The van der Waals surface area contributed by atoms with Gasteiger partial charge in [0.25, 0.3) is 11.8 Å². The van der Waals surface area contributed by atoms with Crippen LogP contribution in [-0.2, 0) is 13.0 Å². The molecule has 0 fully saturated rings. The number of ether oxygens (including phenoxy) is 1. The molecule has 0 saturated heterocycles. The van der Waals surface area contributed by atoms with Crippen LogP contribution in [0.25, 0.3) is 17.1 Å². The zero-order chi connectivity index (χ0) is 21.1. The second-order valence-electron chi connectivity index (χ2n) is 6.56. The third kappa shape index (κ3) is 3.84. The predicted molar refractivity (Wildman–Crippen MR) is 104 cm³/mol. The maximum Gasteiger partial charge on any atom is 0.258 e. The monoisotopic (exact) mass is 410 g/mol. The Bertz CT molecular complexity index is 1200. The zero-order valence-electron chi connectivity index (χ0n) is 16.4. The maximum absolute atomic E-state index is 13.8. The third-order valence-corrected chi connectivity index (χ3v) is 4.49. The molecular formula is C20H19FN6O3. The second kappa shape index (κ2) is 8.27. The zero-order valence-corrected chi connectivity index (χ0v) is 16.4. The first-order valence-corrected chi connectivity index (χ1v) is 9.37. The molecule has 4 aromatic rings. The van der Waals surface area contributed by atoms with E-state index >= 15 is 0 Å². The summed E-state index contributed by atoms with van der Waals surface area (Å²) in [4.78, 5) is 16.7. The highest BCUT2D eigenvalue weighted by Crippen LogP contribution is 2.20. The van der Waals surface area contributed by atoms with Gasteiger partial charge in [0.2, 0.25) is 0 Å². The summed E-state index contributed by atoms with van der Waals surface area (Å²) in [5.74, 6) is 0.644. The number of halogens is 1. The second-order valence-corrected chi connectivity index (χ2v) is 6.56. The fourth-order valence-corrected chi connectivity index (χ4v) is 2.96. The summed E-state index contributed by atoms with van der Waals surface area (Å²) < 4.78 is 25.7. The molecule has 0 saturated carbocycles. The molecule has 3 aromatic heterocycles. The molecule has 1 aromatic carbocycles. The molecule has 0 aliphatic heterocycles. The number of carbonyl (C=O) groups excluding carboxylic acids is 1. The summed E-state index contributed by atoms with van der Waals surface area (Å²) >= 11 is 0. The summed E-state index contributed by atoms with van der Waals surface area (Å²) in [5, 5.41) is 14.9. The molecule has 10 heteroatoms. The van der Waals surface area contributed by atoms with Crippen molar-refractivity contribution >= 4 is 11.6 Å². The van der Waals surface area contributed by atoms with Gasteiger partial charge >= 0.3 is 0 Å². The first-order valence-electron chi connectivity index (χ1n) is 9.37. The fourth-order valence-electron chi connectivity index (χ4n) is 2.96. The number of aryl methyl sites for hydroxylation is 1. The van der Waals surface area contributed by atoms with Crippen LogP contribution < -0.4 is 10.1 Å². The molecule has 1 amide bonds. The van der Waals surface area contributed by atoms with Gasteiger partial charge in [0, 0.05) is 23.7 Å². The van der Waals surface area contributed by atoms with Crippen LogP contribution >= 0.6 is 0 Å². The fraction of sp³-hybridized carbons (Fsp3) is 0.250. The normalized spacial score (nSPS) is 11.0. The van der Waals surface area contributed by atoms with E-state index in [-0.39, 0.29) is 17.9 Å². The minimum absolute atomic E-state index is 0.0777. The molecule has 0 bridgehead atoms. The first-order chi connectivity index (χ1) is 14.6. The van der Waals surface area contributed by atoms with E-state index in [4.69, 9.17) is 9.26 Å². The summed E-state index contributed by atoms with van der Waals surface area (Å²) in [6.07, 6.45) is 3.45. The van der Waals surface area contributed by atoms with Crippen LogP contribution in [0.4, 0.5) is 4.39 Å². The molecule has 0 aliphatic rings.